The number of para-hydroxylation sites is 1. The second-order valence-corrected chi connectivity index (χ2v) is 8.16. The van der Waals surface area contributed by atoms with Gasteiger partial charge >= 0.3 is 0 Å². The highest BCUT2D eigenvalue weighted by atomic mass is 32.2. The Kier molecular flexibility index (Phi) is 3.26. The van der Waals surface area contributed by atoms with Gasteiger partial charge in [0.15, 0.2) is 0 Å². The van der Waals surface area contributed by atoms with Crippen LogP contribution in [-0.4, -0.2) is 9.49 Å². The van der Waals surface area contributed by atoms with Gasteiger partial charge in [-0.3, -0.25) is 0 Å². The SMILES string of the molecule is CC1(C)C=C(Nc2ccccc2)CC(C)(C)S1. The standard InChI is InChI=1S/C15H21NS/c1-14(2)10-13(11-15(3,4)17-14)16-12-8-6-5-7-9-12/h5-10,16H,11H2,1-4H3. The van der Waals surface area contributed by atoms with Crippen LogP contribution in [0.3, 0.4) is 0 Å². The average molecular weight is 247 g/mol. The second kappa shape index (κ2) is 4.41. The molecular formula is C15H21NS. The van der Waals surface area contributed by atoms with E-state index in [1.165, 1.54) is 11.4 Å². The summed E-state index contributed by atoms with van der Waals surface area (Å²) in [7, 11) is 0. The lowest BCUT2D eigenvalue weighted by Crippen LogP contribution is -2.31. The van der Waals surface area contributed by atoms with Crippen LogP contribution in [0.25, 0.3) is 0 Å². The third kappa shape index (κ3) is 3.53. The van der Waals surface area contributed by atoms with E-state index < -0.39 is 0 Å². The molecule has 0 spiro atoms. The van der Waals surface area contributed by atoms with E-state index in [0.29, 0.717) is 4.75 Å². The van der Waals surface area contributed by atoms with Crippen molar-refractivity contribution in [2.75, 3.05) is 5.32 Å². The highest BCUT2D eigenvalue weighted by molar-refractivity contribution is 8.02. The summed E-state index contributed by atoms with van der Waals surface area (Å²) in [5, 5.41) is 3.54. The molecule has 0 atom stereocenters. The van der Waals surface area contributed by atoms with Crippen molar-refractivity contribution in [3.63, 3.8) is 0 Å². The van der Waals surface area contributed by atoms with Crippen LogP contribution in [0.2, 0.25) is 0 Å². The van der Waals surface area contributed by atoms with Gasteiger partial charge in [0.05, 0.1) is 0 Å². The number of hydrogen-bond acceptors (Lipinski definition) is 2. The zero-order valence-electron chi connectivity index (χ0n) is 11.1. The van der Waals surface area contributed by atoms with Gasteiger partial charge in [0.2, 0.25) is 0 Å². The molecule has 0 unspecified atom stereocenters. The molecule has 1 aliphatic rings. The van der Waals surface area contributed by atoms with Crippen LogP contribution in [0.5, 0.6) is 0 Å². The number of rotatable bonds is 2. The summed E-state index contributed by atoms with van der Waals surface area (Å²) in [6.07, 6.45) is 3.45. The van der Waals surface area contributed by atoms with E-state index in [1.807, 2.05) is 17.8 Å². The molecule has 1 aromatic carbocycles. The average Bonchev–Trinajstić information content (AvgIpc) is 2.13. The van der Waals surface area contributed by atoms with E-state index in [0.717, 1.165) is 6.42 Å². The van der Waals surface area contributed by atoms with Crippen molar-refractivity contribution >= 4 is 17.4 Å². The molecule has 1 N–H and O–H groups in total. The van der Waals surface area contributed by atoms with Crippen LogP contribution < -0.4 is 5.32 Å². The first-order chi connectivity index (χ1) is 7.86. The monoisotopic (exact) mass is 247 g/mol. The fraction of sp³-hybridized carbons (Fsp3) is 0.467. The Labute approximate surface area is 109 Å². The molecular weight excluding hydrogens is 226 g/mol. The molecule has 0 saturated heterocycles. The minimum atomic E-state index is 0.207. The van der Waals surface area contributed by atoms with Crippen molar-refractivity contribution in [1.82, 2.24) is 0 Å². The lowest BCUT2D eigenvalue weighted by molar-refractivity contribution is 0.663. The summed E-state index contributed by atoms with van der Waals surface area (Å²) in [6, 6.07) is 10.4. The van der Waals surface area contributed by atoms with Crippen LogP contribution in [-0.2, 0) is 0 Å². The van der Waals surface area contributed by atoms with Crippen LogP contribution >= 0.6 is 11.8 Å². The second-order valence-electron chi connectivity index (χ2n) is 5.80. The first-order valence-corrected chi connectivity index (χ1v) is 6.92. The summed E-state index contributed by atoms with van der Waals surface area (Å²) in [4.78, 5) is 0. The molecule has 0 amide bonds. The molecule has 0 aliphatic carbocycles. The summed E-state index contributed by atoms with van der Waals surface area (Å²) in [5.41, 5.74) is 2.52. The van der Waals surface area contributed by atoms with Gasteiger partial charge in [-0.05, 0) is 32.1 Å². The summed E-state index contributed by atoms with van der Waals surface area (Å²) >= 11 is 2.04. The van der Waals surface area contributed by atoms with E-state index in [4.69, 9.17) is 0 Å². The van der Waals surface area contributed by atoms with Gasteiger partial charge < -0.3 is 5.32 Å². The topological polar surface area (TPSA) is 12.0 Å². The van der Waals surface area contributed by atoms with Crippen molar-refractivity contribution < 1.29 is 0 Å². The number of benzene rings is 1. The first kappa shape index (κ1) is 12.6. The summed E-state index contributed by atoms with van der Waals surface area (Å²) in [6.45, 7) is 9.20. The van der Waals surface area contributed by atoms with Gasteiger partial charge in [-0.25, -0.2) is 0 Å². The Hall–Kier alpha value is -0.890. The van der Waals surface area contributed by atoms with Crippen molar-refractivity contribution in [3.8, 4) is 0 Å². The van der Waals surface area contributed by atoms with Crippen LogP contribution in [0.4, 0.5) is 5.69 Å². The number of nitrogens with one attached hydrogen (secondary N) is 1. The number of hydrogen-bond donors (Lipinski definition) is 1. The van der Waals surface area contributed by atoms with E-state index in [2.05, 4.69) is 63.4 Å². The molecule has 17 heavy (non-hydrogen) atoms. The summed E-state index contributed by atoms with van der Waals surface area (Å²) < 4.78 is 0.508. The van der Waals surface area contributed by atoms with E-state index >= 15 is 0 Å². The predicted octanol–water partition coefficient (Wildman–Crippen LogP) is 4.68. The normalized spacial score (nSPS) is 21.8. The lowest BCUT2D eigenvalue weighted by atomic mass is 10.0. The molecule has 0 saturated carbocycles. The third-order valence-corrected chi connectivity index (χ3v) is 4.10. The largest absolute Gasteiger partial charge is 0.359 e. The molecule has 92 valence electrons. The highest BCUT2D eigenvalue weighted by Gasteiger charge is 2.33. The number of allylic oxidation sites excluding steroid dienone is 1. The Morgan fingerprint density at radius 3 is 2.29 bits per heavy atom. The predicted molar refractivity (Wildman–Crippen MR) is 78.5 cm³/mol. The summed E-state index contributed by atoms with van der Waals surface area (Å²) in [5.74, 6) is 0. The molecule has 1 aliphatic heterocycles. The first-order valence-electron chi connectivity index (χ1n) is 6.10. The fourth-order valence-electron chi connectivity index (χ4n) is 2.49. The third-order valence-electron chi connectivity index (χ3n) is 2.76. The van der Waals surface area contributed by atoms with Gasteiger partial charge in [-0.2, -0.15) is 0 Å². The zero-order chi connectivity index (χ0) is 12.5. The van der Waals surface area contributed by atoms with Gasteiger partial charge in [-0.15, -0.1) is 11.8 Å². The fourth-order valence-corrected chi connectivity index (χ4v) is 4.35. The Bertz CT molecular complexity index is 418. The number of thioether (sulfide) groups is 1. The molecule has 0 bridgehead atoms. The molecule has 2 rings (SSSR count). The van der Waals surface area contributed by atoms with Gasteiger partial charge in [0.1, 0.15) is 0 Å². The quantitative estimate of drug-likeness (QED) is 0.814. The Morgan fingerprint density at radius 1 is 1.06 bits per heavy atom. The van der Waals surface area contributed by atoms with Crippen molar-refractivity contribution in [2.45, 2.75) is 43.6 Å². The van der Waals surface area contributed by atoms with Gasteiger partial charge in [0.25, 0.3) is 0 Å². The van der Waals surface area contributed by atoms with Crippen molar-refractivity contribution in [2.24, 2.45) is 0 Å². The smallest absolute Gasteiger partial charge is 0.0381 e. The molecule has 0 aromatic heterocycles. The molecule has 1 heterocycles. The van der Waals surface area contributed by atoms with Crippen LogP contribution in [0.1, 0.15) is 34.1 Å². The Balaban J connectivity index is 2.19. The van der Waals surface area contributed by atoms with Crippen LogP contribution in [0, 0.1) is 0 Å². The van der Waals surface area contributed by atoms with Crippen molar-refractivity contribution in [1.29, 1.82) is 0 Å². The molecule has 2 heteroatoms. The zero-order valence-corrected chi connectivity index (χ0v) is 11.9. The highest BCUT2D eigenvalue weighted by Crippen LogP contribution is 2.45. The molecule has 1 nitrogen and oxygen atoms in total. The van der Waals surface area contributed by atoms with Crippen LogP contribution in [0.15, 0.2) is 42.1 Å². The number of anilines is 1. The lowest BCUT2D eigenvalue weighted by Gasteiger charge is -2.39. The maximum atomic E-state index is 3.54. The molecule has 0 fully saturated rings. The molecule has 1 aromatic rings. The van der Waals surface area contributed by atoms with E-state index in [-0.39, 0.29) is 4.75 Å². The van der Waals surface area contributed by atoms with Gasteiger partial charge in [0, 0.05) is 27.3 Å². The minimum Gasteiger partial charge on any atom is -0.359 e. The maximum Gasteiger partial charge on any atom is 0.0381 e. The molecule has 0 radical (unpaired) electrons. The van der Waals surface area contributed by atoms with E-state index in [9.17, 15) is 0 Å². The van der Waals surface area contributed by atoms with Crippen molar-refractivity contribution in [3.05, 3.63) is 42.1 Å². The minimum absolute atomic E-state index is 0.207. The van der Waals surface area contributed by atoms with Gasteiger partial charge in [-0.1, -0.05) is 32.0 Å². The maximum absolute atomic E-state index is 3.54. The van der Waals surface area contributed by atoms with E-state index in [1.54, 1.807) is 0 Å². The Morgan fingerprint density at radius 2 is 1.71 bits per heavy atom.